The predicted molar refractivity (Wildman–Crippen MR) is 137 cm³/mol. The summed E-state index contributed by atoms with van der Waals surface area (Å²) in [6.45, 7) is 5.12. The lowest BCUT2D eigenvalue weighted by Crippen LogP contribution is -2.49. The van der Waals surface area contributed by atoms with Gasteiger partial charge in [-0.05, 0) is 61.7 Å². The Labute approximate surface area is 208 Å². The van der Waals surface area contributed by atoms with Crippen LogP contribution in [0.15, 0.2) is 42.5 Å². The Kier molecular flexibility index (Phi) is 9.22. The number of methoxy groups -OCH3 is 1. The number of piperidine rings is 1. The van der Waals surface area contributed by atoms with Crippen molar-refractivity contribution in [3.8, 4) is 5.75 Å². The highest BCUT2D eigenvalue weighted by Gasteiger charge is 2.33. The number of hydrogen-bond acceptors (Lipinski definition) is 5. The average molecular weight is 508 g/mol. The summed E-state index contributed by atoms with van der Waals surface area (Å²) in [5, 5.41) is 3.32. The largest absolute Gasteiger partial charge is 0.495 e. The number of ether oxygens (including phenoxy) is 1. The number of rotatable bonds is 10. The molecule has 1 fully saturated rings. The van der Waals surface area contributed by atoms with Crippen LogP contribution in [-0.2, 0) is 27.9 Å². The fourth-order valence-corrected chi connectivity index (χ4v) is 5.79. The molecule has 7 nitrogen and oxygen atoms in total. The predicted octanol–water partition coefficient (Wildman–Crippen LogP) is 4.20. The molecule has 0 spiro atoms. The number of nitrogens with one attached hydrogen (secondary N) is 1. The van der Waals surface area contributed by atoms with Crippen LogP contribution in [0.3, 0.4) is 0 Å². The first-order valence-electron chi connectivity index (χ1n) is 11.6. The van der Waals surface area contributed by atoms with Crippen LogP contribution in [-0.4, -0.2) is 51.7 Å². The summed E-state index contributed by atoms with van der Waals surface area (Å²) < 4.78 is 32.1. The van der Waals surface area contributed by atoms with Gasteiger partial charge in [0.25, 0.3) is 0 Å². The van der Waals surface area contributed by atoms with Gasteiger partial charge in [0, 0.05) is 18.1 Å². The number of hydrogen-bond donors (Lipinski definition) is 1. The standard InChI is InChI=1S/C25H34ClN3O4S/c1-4-22(29(34(3,31)32)23-16-21(26)12-13-24(23)33-2)25(30)27-17-19-10-6-7-11-20(19)18-28-14-8-5-9-15-28/h6-7,10-13,16,22H,4-5,8-9,14-15,17-18H2,1-3H3,(H,27,30)/t22-/m1/s1. The summed E-state index contributed by atoms with van der Waals surface area (Å²) in [7, 11) is -2.35. The Morgan fingerprint density at radius 2 is 1.82 bits per heavy atom. The van der Waals surface area contributed by atoms with E-state index in [9.17, 15) is 13.2 Å². The first-order chi connectivity index (χ1) is 16.2. The number of halogens is 1. The van der Waals surface area contributed by atoms with Gasteiger partial charge in [-0.1, -0.05) is 49.2 Å². The highest BCUT2D eigenvalue weighted by atomic mass is 35.5. The van der Waals surface area contributed by atoms with Crippen LogP contribution in [0.4, 0.5) is 5.69 Å². The van der Waals surface area contributed by atoms with E-state index in [1.807, 2.05) is 18.2 Å². The van der Waals surface area contributed by atoms with Crippen LogP contribution in [0.5, 0.6) is 5.75 Å². The summed E-state index contributed by atoms with van der Waals surface area (Å²) >= 11 is 6.15. The van der Waals surface area contributed by atoms with Crippen molar-refractivity contribution in [3.63, 3.8) is 0 Å². The van der Waals surface area contributed by atoms with Crippen LogP contribution in [0, 0.1) is 0 Å². The van der Waals surface area contributed by atoms with E-state index in [0.29, 0.717) is 17.3 Å². The van der Waals surface area contributed by atoms with Gasteiger partial charge in [0.15, 0.2) is 0 Å². The highest BCUT2D eigenvalue weighted by Crippen LogP contribution is 2.35. The third-order valence-corrected chi connectivity index (χ3v) is 7.52. The summed E-state index contributed by atoms with van der Waals surface area (Å²) in [4.78, 5) is 15.7. The zero-order valence-corrected chi connectivity index (χ0v) is 21.7. The van der Waals surface area contributed by atoms with Crippen molar-refractivity contribution in [1.82, 2.24) is 10.2 Å². The van der Waals surface area contributed by atoms with Crippen LogP contribution >= 0.6 is 11.6 Å². The van der Waals surface area contributed by atoms with Crippen LogP contribution < -0.4 is 14.4 Å². The third-order valence-electron chi connectivity index (χ3n) is 6.12. The number of carbonyl (C=O) groups is 1. The van der Waals surface area contributed by atoms with Gasteiger partial charge >= 0.3 is 0 Å². The van der Waals surface area contributed by atoms with Gasteiger partial charge in [0.1, 0.15) is 11.8 Å². The smallest absolute Gasteiger partial charge is 0.244 e. The Hall–Kier alpha value is -2.29. The SMILES string of the molecule is CC[C@H](C(=O)NCc1ccccc1CN1CCCCC1)N(c1cc(Cl)ccc1OC)S(C)(=O)=O. The molecule has 0 radical (unpaired) electrons. The lowest BCUT2D eigenvalue weighted by molar-refractivity contribution is -0.122. The second kappa shape index (κ2) is 11.9. The Morgan fingerprint density at radius 3 is 2.44 bits per heavy atom. The summed E-state index contributed by atoms with van der Waals surface area (Å²) in [5.41, 5.74) is 2.45. The van der Waals surface area contributed by atoms with Gasteiger partial charge in [-0.25, -0.2) is 8.42 Å². The van der Waals surface area contributed by atoms with E-state index in [0.717, 1.165) is 35.8 Å². The molecule has 1 aliphatic heterocycles. The van der Waals surface area contributed by atoms with Gasteiger partial charge < -0.3 is 10.1 Å². The van der Waals surface area contributed by atoms with Gasteiger partial charge in [-0.15, -0.1) is 0 Å². The maximum atomic E-state index is 13.3. The van der Waals surface area contributed by atoms with Gasteiger partial charge in [0.2, 0.25) is 15.9 Å². The van der Waals surface area contributed by atoms with Crippen LogP contribution in [0.2, 0.25) is 5.02 Å². The van der Waals surface area contributed by atoms with Gasteiger partial charge in [0.05, 0.1) is 19.1 Å². The Balaban J connectivity index is 1.81. The van der Waals surface area contributed by atoms with E-state index in [-0.39, 0.29) is 18.0 Å². The molecule has 1 N–H and O–H groups in total. The van der Waals surface area contributed by atoms with E-state index in [2.05, 4.69) is 16.3 Å². The lowest BCUT2D eigenvalue weighted by atomic mass is 10.0. The summed E-state index contributed by atoms with van der Waals surface area (Å²) in [6.07, 6.45) is 5.07. The highest BCUT2D eigenvalue weighted by molar-refractivity contribution is 7.92. The Morgan fingerprint density at radius 1 is 1.15 bits per heavy atom. The molecule has 2 aromatic rings. The number of anilines is 1. The van der Waals surface area contributed by atoms with Gasteiger partial charge in [-0.2, -0.15) is 0 Å². The summed E-state index contributed by atoms with van der Waals surface area (Å²) in [5.74, 6) is -0.0457. The summed E-state index contributed by atoms with van der Waals surface area (Å²) in [6, 6.07) is 11.8. The minimum absolute atomic E-state index is 0.241. The minimum Gasteiger partial charge on any atom is -0.495 e. The van der Waals surface area contributed by atoms with E-state index >= 15 is 0 Å². The van der Waals surface area contributed by atoms with Crippen molar-refractivity contribution in [1.29, 1.82) is 0 Å². The molecule has 0 saturated carbocycles. The maximum Gasteiger partial charge on any atom is 0.244 e. The number of benzene rings is 2. The van der Waals surface area contributed by atoms with Crippen molar-refractivity contribution in [3.05, 3.63) is 58.6 Å². The molecule has 3 rings (SSSR count). The molecule has 0 aromatic heterocycles. The van der Waals surface area contributed by atoms with Crippen LogP contribution in [0.25, 0.3) is 0 Å². The topological polar surface area (TPSA) is 79.0 Å². The van der Waals surface area contributed by atoms with Crippen molar-refractivity contribution >= 4 is 33.2 Å². The minimum atomic E-state index is -3.81. The van der Waals surface area contributed by atoms with Crippen molar-refractivity contribution in [2.24, 2.45) is 0 Å². The van der Waals surface area contributed by atoms with E-state index in [1.54, 1.807) is 19.1 Å². The molecule has 186 valence electrons. The zero-order valence-electron chi connectivity index (χ0n) is 20.1. The first kappa shape index (κ1) is 26.3. The fraction of sp³-hybridized carbons (Fsp3) is 0.480. The molecule has 1 amide bonds. The average Bonchev–Trinajstić information content (AvgIpc) is 2.81. The number of carbonyl (C=O) groups excluding carboxylic acids is 1. The quantitative estimate of drug-likeness (QED) is 0.521. The zero-order chi connectivity index (χ0) is 24.7. The molecule has 0 bridgehead atoms. The molecule has 1 heterocycles. The molecule has 1 saturated heterocycles. The normalized spacial score (nSPS) is 15.5. The second-order valence-electron chi connectivity index (χ2n) is 8.62. The van der Waals surface area contributed by atoms with Crippen molar-refractivity contribution < 1.29 is 17.9 Å². The van der Waals surface area contributed by atoms with Gasteiger partial charge in [-0.3, -0.25) is 14.0 Å². The molecule has 0 aliphatic carbocycles. The first-order valence-corrected chi connectivity index (χ1v) is 13.9. The van der Waals surface area contributed by atoms with E-state index in [4.69, 9.17) is 16.3 Å². The van der Waals surface area contributed by atoms with E-state index in [1.165, 1.54) is 38.0 Å². The lowest BCUT2D eigenvalue weighted by Gasteiger charge is -2.31. The third kappa shape index (κ3) is 6.64. The molecule has 9 heteroatoms. The number of nitrogens with zero attached hydrogens (tertiary/aromatic N) is 2. The molecule has 1 atom stereocenters. The molecule has 2 aromatic carbocycles. The molecule has 1 aliphatic rings. The van der Waals surface area contributed by atoms with Crippen LogP contribution in [0.1, 0.15) is 43.7 Å². The fourth-order valence-electron chi connectivity index (χ4n) is 4.41. The van der Waals surface area contributed by atoms with E-state index < -0.39 is 16.1 Å². The number of likely N-dealkylation sites (tertiary alicyclic amines) is 1. The second-order valence-corrected chi connectivity index (χ2v) is 10.9. The monoisotopic (exact) mass is 507 g/mol. The van der Waals surface area contributed by atoms with Crippen molar-refractivity contribution in [2.45, 2.75) is 51.7 Å². The van der Waals surface area contributed by atoms with Crippen molar-refractivity contribution in [2.75, 3.05) is 30.8 Å². The maximum absolute atomic E-state index is 13.3. The molecule has 0 unspecified atom stereocenters. The molecular formula is C25H34ClN3O4S. The number of sulfonamides is 1. The molecular weight excluding hydrogens is 474 g/mol. The Bertz CT molecular complexity index is 1090. The molecule has 34 heavy (non-hydrogen) atoms. The number of amides is 1.